The summed E-state index contributed by atoms with van der Waals surface area (Å²) >= 11 is 0. The summed E-state index contributed by atoms with van der Waals surface area (Å²) < 4.78 is 5.71. The molecule has 0 saturated heterocycles. The molecule has 0 aliphatic heterocycles. The van der Waals surface area contributed by atoms with E-state index in [9.17, 15) is 0 Å². The lowest BCUT2D eigenvalue weighted by atomic mass is 10.1. The van der Waals surface area contributed by atoms with Crippen LogP contribution in [0.3, 0.4) is 0 Å². The molecule has 0 bridgehead atoms. The van der Waals surface area contributed by atoms with E-state index in [2.05, 4.69) is 34.3 Å². The Morgan fingerprint density at radius 2 is 1.89 bits per heavy atom. The molecule has 0 aliphatic carbocycles. The van der Waals surface area contributed by atoms with Gasteiger partial charge in [-0.05, 0) is 31.0 Å². The monoisotopic (exact) mass is 257 g/mol. The Hall–Kier alpha value is -2.10. The highest BCUT2D eigenvalue weighted by molar-refractivity contribution is 5.33. The highest BCUT2D eigenvalue weighted by atomic mass is 16.5. The lowest BCUT2D eigenvalue weighted by molar-refractivity contribution is 0.462. The van der Waals surface area contributed by atoms with Crippen LogP contribution in [0.2, 0.25) is 0 Å². The van der Waals surface area contributed by atoms with Crippen molar-refractivity contribution in [2.45, 2.75) is 26.7 Å². The fourth-order valence-electron chi connectivity index (χ4n) is 1.78. The highest BCUT2D eigenvalue weighted by Gasteiger charge is 2.01. The van der Waals surface area contributed by atoms with Gasteiger partial charge in [0, 0.05) is 18.8 Å². The first-order chi connectivity index (χ1) is 9.31. The van der Waals surface area contributed by atoms with Gasteiger partial charge < -0.3 is 10.1 Å². The maximum Gasteiger partial charge on any atom is 0.225 e. The Balaban J connectivity index is 2.05. The number of anilines is 1. The maximum absolute atomic E-state index is 5.71. The molecule has 0 spiro atoms. The van der Waals surface area contributed by atoms with Crippen LogP contribution in [-0.4, -0.2) is 16.5 Å². The quantitative estimate of drug-likeness (QED) is 0.858. The molecule has 1 N–H and O–H groups in total. The summed E-state index contributed by atoms with van der Waals surface area (Å²) in [5.74, 6) is 1.93. The molecule has 2 aromatic rings. The first-order valence-electron chi connectivity index (χ1n) is 6.65. The summed E-state index contributed by atoms with van der Waals surface area (Å²) in [4.78, 5) is 8.38. The van der Waals surface area contributed by atoms with Crippen molar-refractivity contribution in [1.82, 2.24) is 9.97 Å². The van der Waals surface area contributed by atoms with E-state index >= 15 is 0 Å². The predicted molar refractivity (Wildman–Crippen MR) is 76.7 cm³/mol. The maximum atomic E-state index is 5.71. The molecular weight excluding hydrogens is 238 g/mol. The molecule has 1 heterocycles. The van der Waals surface area contributed by atoms with Crippen molar-refractivity contribution in [3.8, 4) is 11.6 Å². The first-order valence-corrected chi connectivity index (χ1v) is 6.65. The van der Waals surface area contributed by atoms with Crippen molar-refractivity contribution in [1.29, 1.82) is 0 Å². The Bertz CT molecular complexity index is 511. The Morgan fingerprint density at radius 3 is 2.58 bits per heavy atom. The summed E-state index contributed by atoms with van der Waals surface area (Å²) in [5.41, 5.74) is 1.32. The van der Waals surface area contributed by atoms with E-state index in [1.54, 1.807) is 12.3 Å². The number of benzene rings is 1. The van der Waals surface area contributed by atoms with Gasteiger partial charge in [0.1, 0.15) is 5.75 Å². The van der Waals surface area contributed by atoms with E-state index in [-0.39, 0.29) is 0 Å². The molecule has 0 atom stereocenters. The SMILES string of the molecule is CCCc1ccc(Oc2ccnc(NCC)n2)cc1. The summed E-state index contributed by atoms with van der Waals surface area (Å²) in [6, 6.07) is 9.87. The molecule has 19 heavy (non-hydrogen) atoms. The number of rotatable bonds is 6. The van der Waals surface area contributed by atoms with Gasteiger partial charge in [0.25, 0.3) is 0 Å². The van der Waals surface area contributed by atoms with Crippen LogP contribution in [0, 0.1) is 0 Å². The first kappa shape index (κ1) is 13.3. The average molecular weight is 257 g/mol. The summed E-state index contributed by atoms with van der Waals surface area (Å²) in [5, 5.41) is 3.06. The third-order valence-corrected chi connectivity index (χ3v) is 2.65. The van der Waals surface area contributed by atoms with E-state index in [1.165, 1.54) is 5.56 Å². The zero-order chi connectivity index (χ0) is 13.5. The highest BCUT2D eigenvalue weighted by Crippen LogP contribution is 2.20. The minimum atomic E-state index is 0.550. The number of nitrogens with one attached hydrogen (secondary N) is 1. The summed E-state index contributed by atoms with van der Waals surface area (Å²) in [6.07, 6.45) is 3.93. The molecule has 2 rings (SSSR count). The normalized spacial score (nSPS) is 10.2. The van der Waals surface area contributed by atoms with Gasteiger partial charge in [-0.1, -0.05) is 25.5 Å². The second-order valence-electron chi connectivity index (χ2n) is 4.24. The van der Waals surface area contributed by atoms with Crippen LogP contribution in [0.15, 0.2) is 36.5 Å². The predicted octanol–water partition coefficient (Wildman–Crippen LogP) is 3.65. The van der Waals surface area contributed by atoms with Crippen LogP contribution in [0.25, 0.3) is 0 Å². The second kappa shape index (κ2) is 6.73. The minimum Gasteiger partial charge on any atom is -0.439 e. The molecule has 0 fully saturated rings. The molecule has 100 valence electrons. The number of aryl methyl sites for hydroxylation is 1. The number of ether oxygens (including phenoxy) is 1. The Labute approximate surface area is 113 Å². The van der Waals surface area contributed by atoms with E-state index in [4.69, 9.17) is 4.74 Å². The van der Waals surface area contributed by atoms with Gasteiger partial charge in [0.2, 0.25) is 11.8 Å². The minimum absolute atomic E-state index is 0.550. The second-order valence-corrected chi connectivity index (χ2v) is 4.24. The summed E-state index contributed by atoms with van der Waals surface area (Å²) in [7, 11) is 0. The molecular formula is C15H19N3O. The molecule has 1 aromatic carbocycles. The van der Waals surface area contributed by atoms with Crippen molar-refractivity contribution in [2.24, 2.45) is 0 Å². The van der Waals surface area contributed by atoms with Crippen molar-refractivity contribution < 1.29 is 4.74 Å². The van der Waals surface area contributed by atoms with Crippen molar-refractivity contribution in [2.75, 3.05) is 11.9 Å². The van der Waals surface area contributed by atoms with Gasteiger partial charge in [0.15, 0.2) is 0 Å². The van der Waals surface area contributed by atoms with Crippen LogP contribution in [0.4, 0.5) is 5.95 Å². The molecule has 0 unspecified atom stereocenters. The van der Waals surface area contributed by atoms with Gasteiger partial charge in [0.05, 0.1) is 0 Å². The Morgan fingerprint density at radius 1 is 1.11 bits per heavy atom. The molecule has 0 radical (unpaired) electrons. The molecule has 1 aromatic heterocycles. The van der Waals surface area contributed by atoms with Gasteiger partial charge in [-0.3, -0.25) is 0 Å². The van der Waals surface area contributed by atoms with Gasteiger partial charge in [-0.2, -0.15) is 4.98 Å². The number of aromatic nitrogens is 2. The fraction of sp³-hybridized carbons (Fsp3) is 0.333. The molecule has 4 heteroatoms. The van der Waals surface area contributed by atoms with Gasteiger partial charge in [-0.25, -0.2) is 4.98 Å². The molecule has 0 amide bonds. The van der Waals surface area contributed by atoms with Gasteiger partial charge in [-0.15, -0.1) is 0 Å². The Kier molecular flexibility index (Phi) is 4.72. The van der Waals surface area contributed by atoms with E-state index in [0.29, 0.717) is 11.8 Å². The number of hydrogen-bond acceptors (Lipinski definition) is 4. The van der Waals surface area contributed by atoms with Crippen molar-refractivity contribution in [3.63, 3.8) is 0 Å². The van der Waals surface area contributed by atoms with Crippen LogP contribution >= 0.6 is 0 Å². The number of hydrogen-bond donors (Lipinski definition) is 1. The van der Waals surface area contributed by atoms with E-state index in [1.807, 2.05) is 19.1 Å². The van der Waals surface area contributed by atoms with Crippen molar-refractivity contribution >= 4 is 5.95 Å². The van der Waals surface area contributed by atoms with Crippen LogP contribution in [0.1, 0.15) is 25.8 Å². The van der Waals surface area contributed by atoms with Crippen LogP contribution < -0.4 is 10.1 Å². The largest absolute Gasteiger partial charge is 0.439 e. The number of nitrogens with zero attached hydrogens (tertiary/aromatic N) is 2. The fourth-order valence-corrected chi connectivity index (χ4v) is 1.78. The van der Waals surface area contributed by atoms with Crippen LogP contribution in [0.5, 0.6) is 11.6 Å². The third-order valence-electron chi connectivity index (χ3n) is 2.65. The average Bonchev–Trinajstić information content (AvgIpc) is 2.42. The zero-order valence-electron chi connectivity index (χ0n) is 11.4. The molecule has 4 nitrogen and oxygen atoms in total. The van der Waals surface area contributed by atoms with Crippen molar-refractivity contribution in [3.05, 3.63) is 42.1 Å². The zero-order valence-corrected chi connectivity index (χ0v) is 11.4. The third kappa shape index (κ3) is 3.95. The lowest BCUT2D eigenvalue weighted by Crippen LogP contribution is -2.02. The standard InChI is InChI=1S/C15H19N3O/c1-3-5-12-6-8-13(9-7-12)19-14-10-11-17-15(18-14)16-4-2/h6-11H,3-5H2,1-2H3,(H,16,17,18). The van der Waals surface area contributed by atoms with E-state index < -0.39 is 0 Å². The van der Waals surface area contributed by atoms with Gasteiger partial charge >= 0.3 is 0 Å². The smallest absolute Gasteiger partial charge is 0.225 e. The topological polar surface area (TPSA) is 47.0 Å². The summed E-state index contributed by atoms with van der Waals surface area (Å²) in [6.45, 7) is 4.96. The van der Waals surface area contributed by atoms with E-state index in [0.717, 1.165) is 25.1 Å². The molecule has 0 saturated carbocycles. The lowest BCUT2D eigenvalue weighted by Gasteiger charge is -2.07. The molecule has 0 aliphatic rings. The van der Waals surface area contributed by atoms with Crippen LogP contribution in [-0.2, 0) is 6.42 Å².